The van der Waals surface area contributed by atoms with Crippen LogP contribution in [0.25, 0.3) is 0 Å². The molecule has 1 aliphatic heterocycles. The number of thiol groups is 1. The van der Waals surface area contributed by atoms with Crippen LogP contribution in [0.3, 0.4) is 0 Å². The fourth-order valence-corrected chi connectivity index (χ4v) is 3.07. The van der Waals surface area contributed by atoms with Crippen LogP contribution in [0, 0.1) is 5.41 Å². The van der Waals surface area contributed by atoms with E-state index >= 15 is 0 Å². The lowest BCUT2D eigenvalue weighted by Crippen LogP contribution is -2.43. The third-order valence-corrected chi connectivity index (χ3v) is 4.54. The molecule has 2 rings (SSSR count). The average molecular weight is 215 g/mol. The second-order valence-electron chi connectivity index (χ2n) is 4.89. The Balaban J connectivity index is 1.80. The van der Waals surface area contributed by atoms with Gasteiger partial charge in [0, 0.05) is 26.7 Å². The van der Waals surface area contributed by atoms with Gasteiger partial charge < -0.3 is 9.64 Å². The van der Waals surface area contributed by atoms with Gasteiger partial charge in [-0.25, -0.2) is 0 Å². The third-order valence-electron chi connectivity index (χ3n) is 3.87. The SMILES string of the molecule is COC1CCN(CC2(CS)CCC2)C1. The number of methoxy groups -OCH3 is 1. The largest absolute Gasteiger partial charge is 0.380 e. The Bertz CT molecular complexity index is 188. The molecule has 3 heteroatoms. The maximum absolute atomic E-state index is 5.38. The summed E-state index contributed by atoms with van der Waals surface area (Å²) in [5, 5.41) is 0. The normalized spacial score (nSPS) is 31.7. The van der Waals surface area contributed by atoms with Crippen LogP contribution in [-0.4, -0.2) is 43.5 Å². The standard InChI is InChI=1S/C11H21NOS/c1-13-10-3-6-12(7-10)8-11(9-14)4-2-5-11/h10,14H,2-9H2,1H3. The van der Waals surface area contributed by atoms with Crippen LogP contribution in [0.2, 0.25) is 0 Å². The Morgan fingerprint density at radius 3 is 2.71 bits per heavy atom. The van der Waals surface area contributed by atoms with Crippen molar-refractivity contribution in [3.8, 4) is 0 Å². The Morgan fingerprint density at radius 1 is 1.50 bits per heavy atom. The van der Waals surface area contributed by atoms with Crippen LogP contribution in [-0.2, 0) is 4.74 Å². The number of ether oxygens (including phenoxy) is 1. The smallest absolute Gasteiger partial charge is 0.0710 e. The summed E-state index contributed by atoms with van der Waals surface area (Å²) < 4.78 is 5.38. The van der Waals surface area contributed by atoms with Gasteiger partial charge in [0.2, 0.25) is 0 Å². The zero-order valence-corrected chi connectivity index (χ0v) is 9.93. The maximum Gasteiger partial charge on any atom is 0.0710 e. The van der Waals surface area contributed by atoms with E-state index < -0.39 is 0 Å². The highest BCUT2D eigenvalue weighted by molar-refractivity contribution is 7.80. The first-order valence-electron chi connectivity index (χ1n) is 5.64. The molecule has 0 aromatic heterocycles. The number of hydrogen-bond donors (Lipinski definition) is 1. The van der Waals surface area contributed by atoms with Crippen molar-refractivity contribution in [3.05, 3.63) is 0 Å². The molecule has 0 spiro atoms. The van der Waals surface area contributed by atoms with Crippen molar-refractivity contribution in [1.82, 2.24) is 4.90 Å². The molecule has 2 aliphatic rings. The molecule has 0 radical (unpaired) electrons. The molecule has 2 nitrogen and oxygen atoms in total. The van der Waals surface area contributed by atoms with Crippen molar-refractivity contribution in [2.24, 2.45) is 5.41 Å². The molecular weight excluding hydrogens is 194 g/mol. The molecule has 14 heavy (non-hydrogen) atoms. The minimum absolute atomic E-state index is 0.479. The minimum Gasteiger partial charge on any atom is -0.380 e. The van der Waals surface area contributed by atoms with Gasteiger partial charge in [-0.05, 0) is 30.4 Å². The summed E-state index contributed by atoms with van der Waals surface area (Å²) in [5.41, 5.74) is 0.547. The highest BCUT2D eigenvalue weighted by atomic mass is 32.1. The zero-order chi connectivity index (χ0) is 10.0. The summed E-state index contributed by atoms with van der Waals surface area (Å²) in [5.74, 6) is 1.06. The van der Waals surface area contributed by atoms with E-state index in [2.05, 4.69) is 17.5 Å². The lowest BCUT2D eigenvalue weighted by molar-refractivity contribution is 0.0773. The summed E-state index contributed by atoms with van der Waals surface area (Å²) in [6.07, 6.45) is 5.85. The molecule has 0 bridgehead atoms. The van der Waals surface area contributed by atoms with Crippen LogP contribution in [0.4, 0.5) is 0 Å². The van der Waals surface area contributed by atoms with E-state index in [4.69, 9.17) is 4.74 Å². The summed E-state index contributed by atoms with van der Waals surface area (Å²) in [6.45, 7) is 3.59. The van der Waals surface area contributed by atoms with Crippen LogP contribution >= 0.6 is 12.6 Å². The molecule has 0 N–H and O–H groups in total. The lowest BCUT2D eigenvalue weighted by Gasteiger charge is -2.43. The van der Waals surface area contributed by atoms with Gasteiger partial charge in [0.1, 0.15) is 0 Å². The molecule has 1 saturated heterocycles. The first-order chi connectivity index (χ1) is 6.78. The van der Waals surface area contributed by atoms with Gasteiger partial charge in [-0.3, -0.25) is 0 Å². The highest BCUT2D eigenvalue weighted by Crippen LogP contribution is 2.42. The number of likely N-dealkylation sites (tertiary alicyclic amines) is 1. The van der Waals surface area contributed by atoms with Crippen molar-refractivity contribution >= 4 is 12.6 Å². The van der Waals surface area contributed by atoms with Crippen molar-refractivity contribution in [2.45, 2.75) is 31.8 Å². The third kappa shape index (κ3) is 2.10. The molecule has 1 saturated carbocycles. The first kappa shape index (κ1) is 10.8. The number of hydrogen-bond acceptors (Lipinski definition) is 3. The summed E-state index contributed by atoms with van der Waals surface area (Å²) >= 11 is 4.49. The minimum atomic E-state index is 0.479. The van der Waals surface area contributed by atoms with Crippen LogP contribution in [0.5, 0.6) is 0 Å². The van der Waals surface area contributed by atoms with E-state index in [-0.39, 0.29) is 0 Å². The molecule has 1 aliphatic carbocycles. The molecule has 0 amide bonds. The van der Waals surface area contributed by atoms with E-state index in [0.717, 1.165) is 12.3 Å². The van der Waals surface area contributed by atoms with Crippen molar-refractivity contribution in [3.63, 3.8) is 0 Å². The molecule has 82 valence electrons. The topological polar surface area (TPSA) is 12.5 Å². The Morgan fingerprint density at radius 2 is 2.29 bits per heavy atom. The van der Waals surface area contributed by atoms with E-state index in [1.165, 1.54) is 38.8 Å². The second-order valence-corrected chi connectivity index (χ2v) is 5.21. The molecule has 1 unspecified atom stereocenters. The summed E-state index contributed by atoms with van der Waals surface area (Å²) in [4.78, 5) is 2.56. The van der Waals surface area contributed by atoms with E-state index in [1.54, 1.807) is 0 Å². The van der Waals surface area contributed by atoms with Gasteiger partial charge in [-0.1, -0.05) is 6.42 Å². The predicted molar refractivity (Wildman–Crippen MR) is 62.0 cm³/mol. The Kier molecular flexibility index (Phi) is 3.40. The van der Waals surface area contributed by atoms with Gasteiger partial charge in [0.15, 0.2) is 0 Å². The summed E-state index contributed by atoms with van der Waals surface area (Å²) in [7, 11) is 1.83. The molecule has 1 atom stereocenters. The number of nitrogens with zero attached hydrogens (tertiary/aromatic N) is 1. The van der Waals surface area contributed by atoms with Crippen LogP contribution in [0.1, 0.15) is 25.7 Å². The van der Waals surface area contributed by atoms with Crippen LogP contribution < -0.4 is 0 Å². The van der Waals surface area contributed by atoms with Gasteiger partial charge in [0.05, 0.1) is 6.10 Å². The quantitative estimate of drug-likeness (QED) is 0.718. The number of rotatable bonds is 4. The van der Waals surface area contributed by atoms with Crippen molar-refractivity contribution in [1.29, 1.82) is 0 Å². The highest BCUT2D eigenvalue weighted by Gasteiger charge is 2.38. The fraction of sp³-hybridized carbons (Fsp3) is 1.00. The zero-order valence-electron chi connectivity index (χ0n) is 9.04. The lowest BCUT2D eigenvalue weighted by atomic mass is 9.70. The van der Waals surface area contributed by atoms with Crippen LogP contribution in [0.15, 0.2) is 0 Å². The average Bonchev–Trinajstić information content (AvgIpc) is 2.59. The Labute approximate surface area is 92.4 Å². The van der Waals surface area contributed by atoms with Gasteiger partial charge >= 0.3 is 0 Å². The fourth-order valence-electron chi connectivity index (χ4n) is 2.65. The van der Waals surface area contributed by atoms with E-state index in [1.807, 2.05) is 7.11 Å². The van der Waals surface area contributed by atoms with E-state index in [9.17, 15) is 0 Å². The van der Waals surface area contributed by atoms with Crippen molar-refractivity contribution < 1.29 is 4.74 Å². The molecule has 0 aromatic rings. The van der Waals surface area contributed by atoms with Gasteiger partial charge in [-0.2, -0.15) is 12.6 Å². The second kappa shape index (κ2) is 4.42. The predicted octanol–water partition coefficient (Wildman–Crippen LogP) is 1.81. The Hall–Kier alpha value is 0.270. The van der Waals surface area contributed by atoms with E-state index in [0.29, 0.717) is 11.5 Å². The van der Waals surface area contributed by atoms with Gasteiger partial charge in [-0.15, -0.1) is 0 Å². The monoisotopic (exact) mass is 215 g/mol. The van der Waals surface area contributed by atoms with Gasteiger partial charge in [0.25, 0.3) is 0 Å². The molecule has 2 fully saturated rings. The molecule has 1 heterocycles. The first-order valence-corrected chi connectivity index (χ1v) is 6.27. The summed E-state index contributed by atoms with van der Waals surface area (Å²) in [6, 6.07) is 0. The van der Waals surface area contributed by atoms with Crippen molar-refractivity contribution in [2.75, 3.05) is 32.5 Å². The molecular formula is C11H21NOS. The molecule has 0 aromatic carbocycles. The maximum atomic E-state index is 5.38.